The summed E-state index contributed by atoms with van der Waals surface area (Å²) in [5, 5.41) is 0. The van der Waals surface area contributed by atoms with Crippen LogP contribution in [0.2, 0.25) is 0 Å². The second-order valence-electron chi connectivity index (χ2n) is 4.85. The van der Waals surface area contributed by atoms with Crippen LogP contribution in [0.1, 0.15) is 24.0 Å². The van der Waals surface area contributed by atoms with E-state index in [1.165, 1.54) is 12.1 Å². The minimum atomic E-state index is -0.215. The van der Waals surface area contributed by atoms with E-state index in [9.17, 15) is 4.39 Å². The average molecular weight is 252 g/mol. The van der Waals surface area contributed by atoms with Gasteiger partial charge in [0, 0.05) is 26.7 Å². The fourth-order valence-electron chi connectivity index (χ4n) is 2.53. The summed E-state index contributed by atoms with van der Waals surface area (Å²) in [4.78, 5) is 2.35. The van der Waals surface area contributed by atoms with Gasteiger partial charge in [-0.2, -0.15) is 0 Å². The fraction of sp³-hybridized carbons (Fsp3) is 0.571. The Bertz CT molecular complexity index is 397. The molecule has 1 heterocycles. The molecular formula is C14H21FN2O. The third-order valence-corrected chi connectivity index (χ3v) is 3.58. The fourth-order valence-corrected chi connectivity index (χ4v) is 2.53. The maximum Gasteiger partial charge on any atom is 0.123 e. The van der Waals surface area contributed by atoms with Crippen LogP contribution >= 0.6 is 0 Å². The van der Waals surface area contributed by atoms with Gasteiger partial charge in [0.2, 0.25) is 0 Å². The van der Waals surface area contributed by atoms with Gasteiger partial charge in [0.1, 0.15) is 5.82 Å². The number of hydrogen-bond acceptors (Lipinski definition) is 3. The molecule has 0 bridgehead atoms. The summed E-state index contributed by atoms with van der Waals surface area (Å²) < 4.78 is 18.5. The molecule has 0 saturated carbocycles. The van der Waals surface area contributed by atoms with Gasteiger partial charge < -0.3 is 10.5 Å². The van der Waals surface area contributed by atoms with Crippen molar-refractivity contribution in [3.63, 3.8) is 0 Å². The number of halogens is 1. The molecule has 0 spiro atoms. The Labute approximate surface area is 108 Å². The van der Waals surface area contributed by atoms with Crippen molar-refractivity contribution < 1.29 is 9.13 Å². The molecule has 0 aliphatic carbocycles. The van der Waals surface area contributed by atoms with Gasteiger partial charge in [-0.3, -0.25) is 4.90 Å². The van der Waals surface area contributed by atoms with Gasteiger partial charge in [-0.25, -0.2) is 4.39 Å². The molecule has 1 unspecified atom stereocenters. The van der Waals surface area contributed by atoms with E-state index in [2.05, 4.69) is 4.90 Å². The van der Waals surface area contributed by atoms with Crippen molar-refractivity contribution >= 4 is 0 Å². The quantitative estimate of drug-likeness (QED) is 0.889. The van der Waals surface area contributed by atoms with E-state index in [1.807, 2.05) is 6.07 Å². The summed E-state index contributed by atoms with van der Waals surface area (Å²) in [6.45, 7) is 3.22. The van der Waals surface area contributed by atoms with Crippen molar-refractivity contribution in [2.75, 3.05) is 20.2 Å². The summed E-state index contributed by atoms with van der Waals surface area (Å²) in [6, 6.07) is 4.88. The van der Waals surface area contributed by atoms with Crippen molar-refractivity contribution in [3.05, 3.63) is 35.1 Å². The first kappa shape index (κ1) is 13.5. The molecule has 1 fully saturated rings. The molecule has 1 aliphatic rings. The normalized spacial score (nSPS) is 21.2. The molecular weight excluding hydrogens is 231 g/mol. The monoisotopic (exact) mass is 252 g/mol. The maximum absolute atomic E-state index is 13.1. The Morgan fingerprint density at radius 3 is 3.00 bits per heavy atom. The molecule has 1 aromatic carbocycles. The molecule has 18 heavy (non-hydrogen) atoms. The Balaban J connectivity index is 2.04. The zero-order chi connectivity index (χ0) is 13.0. The van der Waals surface area contributed by atoms with Crippen LogP contribution in [-0.4, -0.2) is 31.2 Å². The van der Waals surface area contributed by atoms with Crippen LogP contribution in [0.15, 0.2) is 18.2 Å². The maximum atomic E-state index is 13.1. The molecule has 0 radical (unpaired) electrons. The number of methoxy groups -OCH3 is 1. The van der Waals surface area contributed by atoms with Gasteiger partial charge in [-0.15, -0.1) is 0 Å². The van der Waals surface area contributed by atoms with Crippen LogP contribution < -0.4 is 5.73 Å². The van der Waals surface area contributed by atoms with Gasteiger partial charge >= 0.3 is 0 Å². The zero-order valence-electron chi connectivity index (χ0n) is 10.9. The van der Waals surface area contributed by atoms with Crippen LogP contribution in [0, 0.1) is 5.82 Å². The van der Waals surface area contributed by atoms with Gasteiger partial charge in [-0.1, -0.05) is 6.07 Å². The lowest BCUT2D eigenvalue weighted by atomic mass is 10.0. The predicted molar refractivity (Wildman–Crippen MR) is 69.6 cm³/mol. The smallest absolute Gasteiger partial charge is 0.123 e. The van der Waals surface area contributed by atoms with Gasteiger partial charge in [0.25, 0.3) is 0 Å². The van der Waals surface area contributed by atoms with E-state index in [0.29, 0.717) is 12.6 Å². The van der Waals surface area contributed by atoms with Crippen molar-refractivity contribution in [2.45, 2.75) is 32.0 Å². The van der Waals surface area contributed by atoms with Gasteiger partial charge in [-0.05, 0) is 42.6 Å². The van der Waals surface area contributed by atoms with Crippen LogP contribution in [0.5, 0.6) is 0 Å². The Kier molecular flexibility index (Phi) is 4.69. The molecule has 1 aromatic rings. The van der Waals surface area contributed by atoms with Crippen molar-refractivity contribution in [2.24, 2.45) is 5.73 Å². The molecule has 1 aliphatic heterocycles. The third-order valence-electron chi connectivity index (χ3n) is 3.58. The third kappa shape index (κ3) is 3.28. The number of benzene rings is 1. The first-order valence-electron chi connectivity index (χ1n) is 6.45. The topological polar surface area (TPSA) is 38.5 Å². The highest BCUT2D eigenvalue weighted by atomic mass is 19.1. The summed E-state index contributed by atoms with van der Waals surface area (Å²) in [5.41, 5.74) is 7.69. The van der Waals surface area contributed by atoms with E-state index in [0.717, 1.165) is 43.6 Å². The van der Waals surface area contributed by atoms with Crippen LogP contribution in [0.3, 0.4) is 0 Å². The zero-order valence-corrected chi connectivity index (χ0v) is 10.9. The molecule has 2 rings (SSSR count). The summed E-state index contributed by atoms with van der Waals surface area (Å²) in [6.07, 6.45) is 2.60. The molecule has 1 saturated heterocycles. The average Bonchev–Trinajstić information content (AvgIpc) is 2.41. The molecule has 0 aromatic heterocycles. The Morgan fingerprint density at radius 2 is 2.28 bits per heavy atom. The second kappa shape index (κ2) is 6.27. The summed E-state index contributed by atoms with van der Waals surface area (Å²) in [7, 11) is 1.76. The lowest BCUT2D eigenvalue weighted by Gasteiger charge is -2.32. The van der Waals surface area contributed by atoms with Crippen LogP contribution in [-0.2, 0) is 17.8 Å². The highest BCUT2D eigenvalue weighted by Gasteiger charge is 2.20. The SMILES string of the molecule is COC1CCCN(Cc2ccc(F)cc2CN)C1. The highest BCUT2D eigenvalue weighted by molar-refractivity contribution is 5.27. The largest absolute Gasteiger partial charge is 0.380 e. The van der Waals surface area contributed by atoms with E-state index >= 15 is 0 Å². The van der Waals surface area contributed by atoms with Crippen molar-refractivity contribution in [3.8, 4) is 0 Å². The lowest BCUT2D eigenvalue weighted by molar-refractivity contribution is 0.0284. The van der Waals surface area contributed by atoms with E-state index in [1.54, 1.807) is 7.11 Å². The van der Waals surface area contributed by atoms with Crippen molar-refractivity contribution in [1.29, 1.82) is 0 Å². The number of piperidine rings is 1. The first-order valence-corrected chi connectivity index (χ1v) is 6.45. The number of rotatable bonds is 4. The van der Waals surface area contributed by atoms with E-state index in [-0.39, 0.29) is 5.82 Å². The predicted octanol–water partition coefficient (Wildman–Crippen LogP) is 1.90. The number of hydrogen-bond donors (Lipinski definition) is 1. The lowest BCUT2D eigenvalue weighted by Crippen LogP contribution is -2.38. The van der Waals surface area contributed by atoms with Crippen LogP contribution in [0.25, 0.3) is 0 Å². The minimum Gasteiger partial charge on any atom is -0.380 e. The molecule has 4 heteroatoms. The highest BCUT2D eigenvalue weighted by Crippen LogP contribution is 2.18. The number of likely N-dealkylation sites (tertiary alicyclic amines) is 1. The second-order valence-corrected chi connectivity index (χ2v) is 4.85. The first-order chi connectivity index (χ1) is 8.72. The number of nitrogens with two attached hydrogens (primary N) is 1. The Hall–Kier alpha value is -0.970. The molecule has 1 atom stereocenters. The Morgan fingerprint density at radius 1 is 1.44 bits per heavy atom. The molecule has 2 N–H and O–H groups in total. The van der Waals surface area contributed by atoms with Gasteiger partial charge in [0.05, 0.1) is 6.10 Å². The molecule has 3 nitrogen and oxygen atoms in total. The van der Waals surface area contributed by atoms with Crippen LogP contribution in [0.4, 0.5) is 4.39 Å². The molecule has 100 valence electrons. The van der Waals surface area contributed by atoms with E-state index < -0.39 is 0 Å². The van der Waals surface area contributed by atoms with Gasteiger partial charge in [0.15, 0.2) is 0 Å². The van der Waals surface area contributed by atoms with Crippen molar-refractivity contribution in [1.82, 2.24) is 4.90 Å². The number of nitrogens with zero attached hydrogens (tertiary/aromatic N) is 1. The summed E-state index contributed by atoms with van der Waals surface area (Å²) >= 11 is 0. The standard InChI is InChI=1S/C14H21FN2O/c1-18-14-3-2-6-17(10-14)9-11-4-5-13(15)7-12(11)8-16/h4-5,7,14H,2-3,6,8-10,16H2,1H3. The minimum absolute atomic E-state index is 0.215. The summed E-state index contributed by atoms with van der Waals surface area (Å²) in [5.74, 6) is -0.215. The molecule has 0 amide bonds. The van der Waals surface area contributed by atoms with E-state index in [4.69, 9.17) is 10.5 Å². The number of ether oxygens (including phenoxy) is 1.